The van der Waals surface area contributed by atoms with Gasteiger partial charge in [-0.25, -0.2) is 5.43 Å². The molecule has 0 aliphatic rings. The molecule has 0 spiro atoms. The second-order valence-electron chi connectivity index (χ2n) is 7.06. The van der Waals surface area contributed by atoms with Gasteiger partial charge in [-0.3, -0.25) is 9.59 Å². The Morgan fingerprint density at radius 1 is 0.967 bits per heavy atom. The number of amides is 2. The lowest BCUT2D eigenvalue weighted by Crippen LogP contribution is -2.32. The van der Waals surface area contributed by atoms with E-state index >= 15 is 0 Å². The molecule has 0 unspecified atom stereocenters. The minimum absolute atomic E-state index is 0.527. The van der Waals surface area contributed by atoms with Crippen molar-refractivity contribution in [1.82, 2.24) is 9.99 Å². The van der Waals surface area contributed by atoms with Crippen LogP contribution >= 0.6 is 15.9 Å². The summed E-state index contributed by atoms with van der Waals surface area (Å²) in [5, 5.41) is 6.49. The van der Waals surface area contributed by atoms with E-state index < -0.39 is 11.8 Å². The van der Waals surface area contributed by atoms with Crippen LogP contribution in [0.15, 0.2) is 58.1 Å². The van der Waals surface area contributed by atoms with Gasteiger partial charge in [0.15, 0.2) is 0 Å². The SMILES string of the molecule is Cc1cccc(C)c1-n1c(C)cc(/C=N\NC(=O)C(=O)Nc2ccc(Br)cc2)c1C. The normalized spacial score (nSPS) is 11.0. The smallest absolute Gasteiger partial charge is 0.318 e. The Hall–Kier alpha value is -3.19. The molecule has 1 aromatic heterocycles. The molecule has 0 aliphatic heterocycles. The maximum absolute atomic E-state index is 12.0. The minimum atomic E-state index is -0.835. The van der Waals surface area contributed by atoms with Crippen molar-refractivity contribution in [1.29, 1.82) is 0 Å². The number of nitrogens with one attached hydrogen (secondary N) is 2. The van der Waals surface area contributed by atoms with Crippen molar-refractivity contribution in [2.75, 3.05) is 5.32 Å². The van der Waals surface area contributed by atoms with E-state index in [4.69, 9.17) is 0 Å². The third-order valence-electron chi connectivity index (χ3n) is 4.81. The summed E-state index contributed by atoms with van der Waals surface area (Å²) in [5.74, 6) is -1.62. The van der Waals surface area contributed by atoms with E-state index in [1.165, 1.54) is 11.1 Å². The third-order valence-corrected chi connectivity index (χ3v) is 5.34. The molecule has 1 heterocycles. The molecule has 0 atom stereocenters. The molecule has 0 radical (unpaired) electrons. The van der Waals surface area contributed by atoms with Crippen LogP contribution in [0.5, 0.6) is 0 Å². The van der Waals surface area contributed by atoms with Gasteiger partial charge >= 0.3 is 11.8 Å². The monoisotopic (exact) mass is 466 g/mol. The zero-order chi connectivity index (χ0) is 21.8. The average molecular weight is 467 g/mol. The summed E-state index contributed by atoms with van der Waals surface area (Å²) in [6.07, 6.45) is 1.55. The Labute approximate surface area is 184 Å². The van der Waals surface area contributed by atoms with Crippen molar-refractivity contribution in [3.05, 3.63) is 81.1 Å². The Balaban J connectivity index is 1.72. The summed E-state index contributed by atoms with van der Waals surface area (Å²) in [4.78, 5) is 24.0. The lowest BCUT2D eigenvalue weighted by atomic mass is 10.1. The van der Waals surface area contributed by atoms with Crippen molar-refractivity contribution in [3.63, 3.8) is 0 Å². The van der Waals surface area contributed by atoms with Gasteiger partial charge in [0.25, 0.3) is 0 Å². The minimum Gasteiger partial charge on any atom is -0.318 e. The number of aromatic nitrogens is 1. The first kappa shape index (κ1) is 21.5. The molecule has 0 saturated carbocycles. The van der Waals surface area contributed by atoms with Gasteiger partial charge in [-0.05, 0) is 69.2 Å². The first-order valence-corrected chi connectivity index (χ1v) is 10.2. The maximum Gasteiger partial charge on any atom is 0.329 e. The number of carbonyl (C=O) groups excluding carboxylic acids is 2. The number of anilines is 1. The highest BCUT2D eigenvalue weighted by atomic mass is 79.9. The number of carbonyl (C=O) groups is 2. The van der Waals surface area contributed by atoms with Crippen LogP contribution in [0.1, 0.15) is 28.1 Å². The number of aryl methyl sites for hydroxylation is 3. The Morgan fingerprint density at radius 3 is 2.23 bits per heavy atom. The van der Waals surface area contributed by atoms with Crippen LogP contribution in [0.3, 0.4) is 0 Å². The summed E-state index contributed by atoms with van der Waals surface area (Å²) in [5.41, 5.74) is 9.24. The van der Waals surface area contributed by atoms with Crippen molar-refractivity contribution < 1.29 is 9.59 Å². The number of halogens is 1. The van der Waals surface area contributed by atoms with Crippen LogP contribution in [0.2, 0.25) is 0 Å². The molecule has 154 valence electrons. The number of hydrazone groups is 1. The van der Waals surface area contributed by atoms with E-state index in [9.17, 15) is 9.59 Å². The van der Waals surface area contributed by atoms with Crippen molar-refractivity contribution in [2.24, 2.45) is 5.10 Å². The summed E-state index contributed by atoms with van der Waals surface area (Å²) < 4.78 is 3.06. The quantitative estimate of drug-likeness (QED) is 0.335. The van der Waals surface area contributed by atoms with E-state index in [0.717, 1.165) is 27.1 Å². The molecule has 3 aromatic rings. The molecule has 0 aliphatic carbocycles. The largest absolute Gasteiger partial charge is 0.329 e. The highest BCUT2D eigenvalue weighted by Crippen LogP contribution is 2.25. The van der Waals surface area contributed by atoms with E-state index in [1.807, 2.05) is 26.0 Å². The third kappa shape index (κ3) is 4.68. The van der Waals surface area contributed by atoms with Crippen molar-refractivity contribution in [3.8, 4) is 5.69 Å². The van der Waals surface area contributed by atoms with Gasteiger partial charge in [0.05, 0.1) is 11.9 Å². The fourth-order valence-corrected chi connectivity index (χ4v) is 3.62. The van der Waals surface area contributed by atoms with Crippen LogP contribution in [0.4, 0.5) is 5.69 Å². The first-order valence-electron chi connectivity index (χ1n) is 9.43. The number of rotatable bonds is 4. The van der Waals surface area contributed by atoms with Crippen LogP contribution in [-0.4, -0.2) is 22.6 Å². The van der Waals surface area contributed by atoms with E-state index in [0.29, 0.717) is 5.69 Å². The van der Waals surface area contributed by atoms with Gasteiger partial charge in [0, 0.05) is 27.1 Å². The number of benzene rings is 2. The lowest BCUT2D eigenvalue weighted by Gasteiger charge is -2.15. The fourth-order valence-electron chi connectivity index (χ4n) is 3.35. The molecule has 2 aromatic carbocycles. The molecule has 6 nitrogen and oxygen atoms in total. The lowest BCUT2D eigenvalue weighted by molar-refractivity contribution is -0.136. The number of nitrogens with zero attached hydrogens (tertiary/aromatic N) is 2. The van der Waals surface area contributed by atoms with Gasteiger partial charge < -0.3 is 9.88 Å². The molecule has 0 fully saturated rings. The molecule has 0 saturated heterocycles. The summed E-state index contributed by atoms with van der Waals surface area (Å²) in [6, 6.07) is 15.1. The Bertz CT molecular complexity index is 1110. The van der Waals surface area contributed by atoms with Gasteiger partial charge in [-0.1, -0.05) is 34.1 Å². The van der Waals surface area contributed by atoms with Gasteiger partial charge in [-0.15, -0.1) is 0 Å². The number of para-hydroxylation sites is 1. The van der Waals surface area contributed by atoms with E-state index in [-0.39, 0.29) is 0 Å². The molecule has 2 amide bonds. The Morgan fingerprint density at radius 2 is 1.60 bits per heavy atom. The molecule has 30 heavy (non-hydrogen) atoms. The highest BCUT2D eigenvalue weighted by molar-refractivity contribution is 9.10. The van der Waals surface area contributed by atoms with Gasteiger partial charge in [-0.2, -0.15) is 5.10 Å². The van der Waals surface area contributed by atoms with Crippen molar-refractivity contribution in [2.45, 2.75) is 27.7 Å². The molecular weight excluding hydrogens is 444 g/mol. The summed E-state index contributed by atoms with van der Waals surface area (Å²) in [6.45, 7) is 8.20. The maximum atomic E-state index is 12.0. The summed E-state index contributed by atoms with van der Waals surface area (Å²) in [7, 11) is 0. The second kappa shape index (κ2) is 9.09. The molecule has 2 N–H and O–H groups in total. The van der Waals surface area contributed by atoms with Crippen molar-refractivity contribution >= 4 is 39.6 Å². The number of hydrogen-bond donors (Lipinski definition) is 2. The second-order valence-corrected chi connectivity index (χ2v) is 7.98. The van der Waals surface area contributed by atoms with E-state index in [2.05, 4.69) is 62.3 Å². The highest BCUT2D eigenvalue weighted by Gasteiger charge is 2.15. The molecular formula is C23H23BrN4O2. The number of hydrogen-bond acceptors (Lipinski definition) is 3. The predicted molar refractivity (Wildman–Crippen MR) is 123 cm³/mol. The van der Waals surface area contributed by atoms with Crippen LogP contribution in [-0.2, 0) is 9.59 Å². The first-order chi connectivity index (χ1) is 14.3. The van der Waals surface area contributed by atoms with Crippen LogP contribution in [0, 0.1) is 27.7 Å². The molecule has 7 heteroatoms. The fraction of sp³-hybridized carbons (Fsp3) is 0.174. The van der Waals surface area contributed by atoms with Gasteiger partial charge in [0.1, 0.15) is 0 Å². The van der Waals surface area contributed by atoms with E-state index in [1.54, 1.807) is 30.5 Å². The van der Waals surface area contributed by atoms with Crippen LogP contribution < -0.4 is 10.7 Å². The topological polar surface area (TPSA) is 75.5 Å². The predicted octanol–water partition coefficient (Wildman–Crippen LogP) is 4.56. The zero-order valence-electron chi connectivity index (χ0n) is 17.3. The zero-order valence-corrected chi connectivity index (χ0v) is 18.9. The summed E-state index contributed by atoms with van der Waals surface area (Å²) >= 11 is 3.32. The standard InChI is InChI=1S/C23H23BrN4O2/c1-14-6-5-7-15(2)21(14)28-16(3)12-18(17(28)4)13-25-27-23(30)22(29)26-20-10-8-19(24)9-11-20/h5-13H,1-4H3,(H,26,29)(H,27,30)/b25-13-. The Kier molecular flexibility index (Phi) is 6.52. The average Bonchev–Trinajstić information content (AvgIpc) is 2.97. The molecule has 3 rings (SSSR count). The van der Waals surface area contributed by atoms with Gasteiger partial charge in [0.2, 0.25) is 0 Å². The van der Waals surface area contributed by atoms with Crippen LogP contribution in [0.25, 0.3) is 5.69 Å². The molecule has 0 bridgehead atoms.